The number of rotatable bonds is 3. The second-order valence-corrected chi connectivity index (χ2v) is 5.86. The number of halogens is 1. The SMILES string of the molecule is CC1CCN(Cc2nc(-c3ccccc3Cl)no2)CC1. The molecule has 0 atom stereocenters. The summed E-state index contributed by atoms with van der Waals surface area (Å²) in [6, 6.07) is 7.55. The van der Waals surface area contributed by atoms with Gasteiger partial charge in [-0.25, -0.2) is 0 Å². The molecule has 1 saturated heterocycles. The Morgan fingerprint density at radius 3 is 2.80 bits per heavy atom. The third-order valence-electron chi connectivity index (χ3n) is 3.82. The van der Waals surface area contributed by atoms with Crippen LogP contribution in [-0.4, -0.2) is 28.1 Å². The minimum absolute atomic E-state index is 0.566. The van der Waals surface area contributed by atoms with E-state index in [0.717, 1.165) is 31.1 Å². The first-order valence-electron chi connectivity index (χ1n) is 7.02. The van der Waals surface area contributed by atoms with Gasteiger partial charge in [-0.3, -0.25) is 4.90 Å². The fourth-order valence-corrected chi connectivity index (χ4v) is 2.70. The largest absolute Gasteiger partial charge is 0.338 e. The highest BCUT2D eigenvalue weighted by Crippen LogP contribution is 2.25. The van der Waals surface area contributed by atoms with Crippen LogP contribution in [0.1, 0.15) is 25.7 Å². The Balaban J connectivity index is 1.70. The number of hydrogen-bond acceptors (Lipinski definition) is 4. The smallest absolute Gasteiger partial charge is 0.241 e. The predicted molar refractivity (Wildman–Crippen MR) is 78.4 cm³/mol. The second kappa shape index (κ2) is 5.94. The van der Waals surface area contributed by atoms with E-state index in [9.17, 15) is 0 Å². The molecule has 1 aromatic heterocycles. The van der Waals surface area contributed by atoms with Gasteiger partial charge in [-0.15, -0.1) is 0 Å². The lowest BCUT2D eigenvalue weighted by molar-refractivity contribution is 0.165. The van der Waals surface area contributed by atoms with Crippen molar-refractivity contribution >= 4 is 11.6 Å². The van der Waals surface area contributed by atoms with Crippen LogP contribution in [-0.2, 0) is 6.54 Å². The van der Waals surface area contributed by atoms with Crippen LogP contribution in [0.4, 0.5) is 0 Å². The van der Waals surface area contributed by atoms with Gasteiger partial charge in [0, 0.05) is 5.56 Å². The minimum Gasteiger partial charge on any atom is -0.338 e. The minimum atomic E-state index is 0.566. The van der Waals surface area contributed by atoms with Crippen molar-refractivity contribution in [1.82, 2.24) is 15.0 Å². The van der Waals surface area contributed by atoms with Gasteiger partial charge in [0.15, 0.2) is 0 Å². The molecule has 0 radical (unpaired) electrons. The maximum absolute atomic E-state index is 6.14. The van der Waals surface area contributed by atoms with E-state index < -0.39 is 0 Å². The molecule has 2 aromatic rings. The van der Waals surface area contributed by atoms with Crippen molar-refractivity contribution in [2.24, 2.45) is 5.92 Å². The molecule has 0 bridgehead atoms. The summed E-state index contributed by atoms with van der Waals surface area (Å²) in [7, 11) is 0. The molecule has 5 heteroatoms. The topological polar surface area (TPSA) is 42.2 Å². The monoisotopic (exact) mass is 291 g/mol. The Labute approximate surface area is 123 Å². The van der Waals surface area contributed by atoms with Crippen LogP contribution in [0.15, 0.2) is 28.8 Å². The first-order valence-corrected chi connectivity index (χ1v) is 7.40. The number of hydrogen-bond donors (Lipinski definition) is 0. The van der Waals surface area contributed by atoms with Crippen molar-refractivity contribution in [3.63, 3.8) is 0 Å². The molecule has 0 spiro atoms. The normalized spacial score (nSPS) is 17.5. The van der Waals surface area contributed by atoms with Gasteiger partial charge in [0.1, 0.15) is 0 Å². The molecule has 1 aliphatic rings. The van der Waals surface area contributed by atoms with Crippen molar-refractivity contribution in [2.45, 2.75) is 26.3 Å². The van der Waals surface area contributed by atoms with E-state index in [0.29, 0.717) is 16.7 Å². The zero-order valence-corrected chi connectivity index (χ0v) is 12.3. The number of piperidine rings is 1. The van der Waals surface area contributed by atoms with Crippen molar-refractivity contribution in [2.75, 3.05) is 13.1 Å². The average molecular weight is 292 g/mol. The maximum atomic E-state index is 6.14. The van der Waals surface area contributed by atoms with Crippen molar-refractivity contribution in [3.05, 3.63) is 35.2 Å². The summed E-state index contributed by atoms with van der Waals surface area (Å²) >= 11 is 6.14. The van der Waals surface area contributed by atoms with Crippen molar-refractivity contribution in [3.8, 4) is 11.4 Å². The van der Waals surface area contributed by atoms with Gasteiger partial charge in [-0.2, -0.15) is 4.98 Å². The van der Waals surface area contributed by atoms with E-state index in [4.69, 9.17) is 16.1 Å². The van der Waals surface area contributed by atoms with Gasteiger partial charge >= 0.3 is 0 Å². The lowest BCUT2D eigenvalue weighted by Crippen LogP contribution is -2.32. The van der Waals surface area contributed by atoms with Crippen LogP contribution in [0.5, 0.6) is 0 Å². The molecule has 2 heterocycles. The number of aromatic nitrogens is 2. The van der Waals surface area contributed by atoms with Crippen LogP contribution in [0.25, 0.3) is 11.4 Å². The number of nitrogens with zero attached hydrogens (tertiary/aromatic N) is 3. The molecule has 1 aliphatic heterocycles. The fourth-order valence-electron chi connectivity index (χ4n) is 2.48. The summed E-state index contributed by atoms with van der Waals surface area (Å²) in [5.74, 6) is 2.05. The summed E-state index contributed by atoms with van der Waals surface area (Å²) in [4.78, 5) is 6.82. The molecule has 0 N–H and O–H groups in total. The number of likely N-dealkylation sites (tertiary alicyclic amines) is 1. The molecule has 0 aliphatic carbocycles. The molecule has 4 nitrogen and oxygen atoms in total. The molecule has 0 saturated carbocycles. The van der Waals surface area contributed by atoms with Crippen LogP contribution in [0.3, 0.4) is 0 Å². The lowest BCUT2D eigenvalue weighted by Gasteiger charge is -2.28. The van der Waals surface area contributed by atoms with E-state index in [-0.39, 0.29) is 0 Å². The van der Waals surface area contributed by atoms with E-state index in [1.54, 1.807) is 0 Å². The molecular weight excluding hydrogens is 274 g/mol. The van der Waals surface area contributed by atoms with Crippen LogP contribution in [0.2, 0.25) is 5.02 Å². The molecule has 1 fully saturated rings. The molecule has 0 unspecified atom stereocenters. The van der Waals surface area contributed by atoms with Gasteiger partial charge in [-0.1, -0.05) is 35.8 Å². The first kappa shape index (κ1) is 13.6. The quantitative estimate of drug-likeness (QED) is 0.866. The Morgan fingerprint density at radius 2 is 2.05 bits per heavy atom. The Morgan fingerprint density at radius 1 is 1.30 bits per heavy atom. The fraction of sp³-hybridized carbons (Fsp3) is 0.467. The Kier molecular flexibility index (Phi) is 4.03. The van der Waals surface area contributed by atoms with E-state index in [1.807, 2.05) is 24.3 Å². The summed E-state index contributed by atoms with van der Waals surface area (Å²) < 4.78 is 5.34. The standard InChI is InChI=1S/C15H18ClN3O/c1-11-6-8-19(9-7-11)10-14-17-15(18-20-14)12-4-2-3-5-13(12)16/h2-5,11H,6-10H2,1H3. The summed E-state index contributed by atoms with van der Waals surface area (Å²) in [5.41, 5.74) is 0.816. The van der Waals surface area contributed by atoms with Gasteiger partial charge < -0.3 is 4.52 Å². The molecule has 20 heavy (non-hydrogen) atoms. The molecule has 1 aromatic carbocycles. The molecule has 3 rings (SSSR count). The summed E-state index contributed by atoms with van der Waals surface area (Å²) in [6.07, 6.45) is 2.48. The van der Waals surface area contributed by atoms with Crippen LogP contribution >= 0.6 is 11.6 Å². The average Bonchev–Trinajstić information content (AvgIpc) is 2.90. The zero-order chi connectivity index (χ0) is 13.9. The third kappa shape index (κ3) is 3.02. The van der Waals surface area contributed by atoms with Crippen molar-refractivity contribution < 1.29 is 4.52 Å². The maximum Gasteiger partial charge on any atom is 0.241 e. The van der Waals surface area contributed by atoms with Crippen LogP contribution in [0, 0.1) is 5.92 Å². The zero-order valence-electron chi connectivity index (χ0n) is 11.6. The van der Waals surface area contributed by atoms with E-state index in [2.05, 4.69) is 22.0 Å². The second-order valence-electron chi connectivity index (χ2n) is 5.45. The molecule has 0 amide bonds. The highest BCUT2D eigenvalue weighted by atomic mass is 35.5. The van der Waals surface area contributed by atoms with Gasteiger partial charge in [0.2, 0.25) is 11.7 Å². The highest BCUT2D eigenvalue weighted by molar-refractivity contribution is 6.33. The third-order valence-corrected chi connectivity index (χ3v) is 4.15. The first-order chi connectivity index (χ1) is 9.72. The van der Waals surface area contributed by atoms with Gasteiger partial charge in [0.05, 0.1) is 11.6 Å². The highest BCUT2D eigenvalue weighted by Gasteiger charge is 2.19. The van der Waals surface area contributed by atoms with Gasteiger partial charge in [0.25, 0.3) is 0 Å². The van der Waals surface area contributed by atoms with Crippen molar-refractivity contribution in [1.29, 1.82) is 0 Å². The molecule has 106 valence electrons. The number of benzene rings is 1. The summed E-state index contributed by atoms with van der Waals surface area (Å²) in [6.45, 7) is 5.24. The van der Waals surface area contributed by atoms with Crippen LogP contribution < -0.4 is 0 Å². The van der Waals surface area contributed by atoms with E-state index >= 15 is 0 Å². The predicted octanol–water partition coefficient (Wildman–Crippen LogP) is 3.62. The Bertz CT molecular complexity index is 576. The lowest BCUT2D eigenvalue weighted by atomic mass is 9.99. The summed E-state index contributed by atoms with van der Waals surface area (Å²) in [5, 5.41) is 4.68. The van der Waals surface area contributed by atoms with E-state index in [1.165, 1.54) is 12.8 Å². The molecular formula is C15H18ClN3O. The van der Waals surface area contributed by atoms with Gasteiger partial charge in [-0.05, 0) is 44.0 Å². The Hall–Kier alpha value is -1.39.